The van der Waals surface area contributed by atoms with Crippen molar-refractivity contribution >= 4 is 46.6 Å². The van der Waals surface area contributed by atoms with Gasteiger partial charge in [0.2, 0.25) is 0 Å². The van der Waals surface area contributed by atoms with Crippen molar-refractivity contribution in [3.63, 3.8) is 0 Å². The molecule has 0 saturated carbocycles. The van der Waals surface area contributed by atoms with Crippen molar-refractivity contribution in [1.29, 1.82) is 0 Å². The average Bonchev–Trinajstić information content (AvgIpc) is 3.18. The molecule has 1 heterocycles. The van der Waals surface area contributed by atoms with E-state index in [4.69, 9.17) is 27.6 Å². The fourth-order valence-electron chi connectivity index (χ4n) is 3.65. The molecule has 3 amide bonds. The fraction of sp³-hybridized carbons (Fsp3) is 0.167. The predicted molar refractivity (Wildman–Crippen MR) is 128 cm³/mol. The lowest BCUT2D eigenvalue weighted by Crippen LogP contribution is -2.41. The van der Waals surface area contributed by atoms with Crippen LogP contribution in [0, 0.1) is 6.92 Å². The lowest BCUT2D eigenvalue weighted by Gasteiger charge is -2.13. The highest BCUT2D eigenvalue weighted by Gasteiger charge is 2.28. The molecule has 3 aromatic rings. The SMILES string of the molecule is Cc1c(C(=O)NNC(=O)c2cccc(Cl)c2)oc2c1/C(=N/NC(=O)c1ccc(Cl)cc1)CCC2. The summed E-state index contributed by atoms with van der Waals surface area (Å²) < 4.78 is 5.80. The van der Waals surface area contributed by atoms with E-state index in [0.717, 1.165) is 6.42 Å². The van der Waals surface area contributed by atoms with Crippen LogP contribution in [0.15, 0.2) is 58.0 Å². The number of carbonyl (C=O) groups is 3. The van der Waals surface area contributed by atoms with E-state index in [1.165, 1.54) is 6.07 Å². The van der Waals surface area contributed by atoms with Gasteiger partial charge in [-0.05, 0) is 62.2 Å². The standard InChI is InChI=1S/C24H20Cl2N4O4/c1-13-20-18(27-28-22(31)14-8-10-16(25)11-9-14)6-3-7-19(20)34-21(13)24(33)30-29-23(32)15-4-2-5-17(26)12-15/h2,4-5,8-12H,3,6-7H2,1H3,(H,28,31)(H,29,32)(H,30,33)/b27-18+. The Labute approximate surface area is 205 Å². The van der Waals surface area contributed by atoms with Crippen molar-refractivity contribution in [1.82, 2.24) is 16.3 Å². The second-order valence-electron chi connectivity index (χ2n) is 7.63. The van der Waals surface area contributed by atoms with Gasteiger partial charge in [0, 0.05) is 38.7 Å². The number of benzene rings is 2. The summed E-state index contributed by atoms with van der Waals surface area (Å²) in [5.41, 5.74) is 9.87. The smallest absolute Gasteiger partial charge is 0.305 e. The van der Waals surface area contributed by atoms with E-state index in [2.05, 4.69) is 21.4 Å². The molecule has 0 unspecified atom stereocenters. The molecule has 10 heteroatoms. The molecule has 0 atom stereocenters. The third-order valence-electron chi connectivity index (χ3n) is 5.31. The molecule has 1 aliphatic rings. The molecule has 2 aromatic carbocycles. The fourth-order valence-corrected chi connectivity index (χ4v) is 3.97. The summed E-state index contributed by atoms with van der Waals surface area (Å²) in [7, 11) is 0. The quantitative estimate of drug-likeness (QED) is 0.461. The van der Waals surface area contributed by atoms with Crippen molar-refractivity contribution in [3.8, 4) is 0 Å². The number of hydrazone groups is 1. The topological polar surface area (TPSA) is 113 Å². The van der Waals surface area contributed by atoms with Crippen molar-refractivity contribution in [2.24, 2.45) is 5.10 Å². The second kappa shape index (κ2) is 10.1. The van der Waals surface area contributed by atoms with Gasteiger partial charge in [0.25, 0.3) is 11.8 Å². The Morgan fingerprint density at radius 2 is 1.62 bits per heavy atom. The lowest BCUT2D eigenvalue weighted by molar-refractivity contribution is 0.0829. The van der Waals surface area contributed by atoms with Gasteiger partial charge in [-0.1, -0.05) is 29.3 Å². The highest BCUT2D eigenvalue weighted by atomic mass is 35.5. The first kappa shape index (κ1) is 23.5. The summed E-state index contributed by atoms with van der Waals surface area (Å²) in [5, 5.41) is 5.23. The van der Waals surface area contributed by atoms with Crippen LogP contribution >= 0.6 is 23.2 Å². The minimum atomic E-state index is -0.605. The molecule has 0 radical (unpaired) electrons. The van der Waals surface area contributed by atoms with E-state index in [-0.39, 0.29) is 11.7 Å². The summed E-state index contributed by atoms with van der Waals surface area (Å²) in [5.74, 6) is -0.826. The Balaban J connectivity index is 1.48. The highest BCUT2D eigenvalue weighted by Crippen LogP contribution is 2.29. The van der Waals surface area contributed by atoms with E-state index < -0.39 is 11.8 Å². The monoisotopic (exact) mass is 498 g/mol. The molecule has 1 aliphatic carbocycles. The molecule has 34 heavy (non-hydrogen) atoms. The van der Waals surface area contributed by atoms with E-state index in [9.17, 15) is 14.4 Å². The van der Waals surface area contributed by atoms with Gasteiger partial charge in [-0.15, -0.1) is 0 Å². The number of hydrazine groups is 1. The summed E-state index contributed by atoms with van der Waals surface area (Å²) in [4.78, 5) is 37.4. The lowest BCUT2D eigenvalue weighted by atomic mass is 9.93. The van der Waals surface area contributed by atoms with Gasteiger partial charge in [-0.25, -0.2) is 5.43 Å². The number of nitrogens with zero attached hydrogens (tertiary/aromatic N) is 1. The minimum absolute atomic E-state index is 0.0648. The van der Waals surface area contributed by atoms with Crippen LogP contribution in [0.2, 0.25) is 10.0 Å². The van der Waals surface area contributed by atoms with Gasteiger partial charge < -0.3 is 4.42 Å². The Morgan fingerprint density at radius 3 is 2.35 bits per heavy atom. The Hall–Kier alpha value is -3.62. The summed E-state index contributed by atoms with van der Waals surface area (Å²) in [6, 6.07) is 12.8. The van der Waals surface area contributed by atoms with E-state index in [1.54, 1.807) is 49.4 Å². The van der Waals surface area contributed by atoms with Crippen molar-refractivity contribution in [2.45, 2.75) is 26.2 Å². The molecule has 174 valence electrons. The number of furan rings is 1. The number of aryl methyl sites for hydroxylation is 1. The van der Waals surface area contributed by atoms with Crippen LogP contribution in [0.5, 0.6) is 0 Å². The molecule has 3 N–H and O–H groups in total. The first-order chi connectivity index (χ1) is 16.3. The van der Waals surface area contributed by atoms with E-state index in [1.807, 2.05) is 0 Å². The second-order valence-corrected chi connectivity index (χ2v) is 8.51. The molecule has 8 nitrogen and oxygen atoms in total. The van der Waals surface area contributed by atoms with Gasteiger partial charge in [-0.3, -0.25) is 25.2 Å². The zero-order valence-electron chi connectivity index (χ0n) is 18.1. The highest BCUT2D eigenvalue weighted by molar-refractivity contribution is 6.31. The number of rotatable bonds is 4. The van der Waals surface area contributed by atoms with Crippen molar-refractivity contribution in [2.75, 3.05) is 0 Å². The largest absolute Gasteiger partial charge is 0.455 e. The average molecular weight is 499 g/mol. The molecule has 4 rings (SSSR count). The number of nitrogens with one attached hydrogen (secondary N) is 3. The predicted octanol–water partition coefficient (Wildman–Crippen LogP) is 4.44. The number of hydrogen-bond acceptors (Lipinski definition) is 5. The number of hydrogen-bond donors (Lipinski definition) is 3. The molecule has 1 aromatic heterocycles. The van der Waals surface area contributed by atoms with E-state index >= 15 is 0 Å². The summed E-state index contributed by atoms with van der Waals surface area (Å²) in [6.45, 7) is 1.73. The first-order valence-corrected chi connectivity index (χ1v) is 11.2. The van der Waals surface area contributed by atoms with Crippen LogP contribution in [-0.4, -0.2) is 23.4 Å². The normalized spacial score (nSPS) is 13.8. The number of carbonyl (C=O) groups excluding carboxylic acids is 3. The third kappa shape index (κ3) is 5.13. The zero-order chi connectivity index (χ0) is 24.2. The molecule has 0 fully saturated rings. The Bertz CT molecular complexity index is 1300. The third-order valence-corrected chi connectivity index (χ3v) is 5.79. The summed E-state index contributed by atoms with van der Waals surface area (Å²) >= 11 is 11.8. The van der Waals surface area contributed by atoms with Crippen LogP contribution in [0.3, 0.4) is 0 Å². The Morgan fingerprint density at radius 1 is 0.882 bits per heavy atom. The zero-order valence-corrected chi connectivity index (χ0v) is 19.6. The van der Waals surface area contributed by atoms with E-state index in [0.29, 0.717) is 56.6 Å². The first-order valence-electron chi connectivity index (χ1n) is 10.4. The summed E-state index contributed by atoms with van der Waals surface area (Å²) in [6.07, 6.45) is 1.99. The minimum Gasteiger partial charge on any atom is -0.455 e. The molecule has 0 aliphatic heterocycles. The molecule has 0 saturated heterocycles. The molecular formula is C24H20Cl2N4O4. The maximum absolute atomic E-state index is 12.7. The maximum atomic E-state index is 12.7. The van der Waals surface area contributed by atoms with Gasteiger partial charge in [-0.2, -0.15) is 5.10 Å². The van der Waals surface area contributed by atoms with Crippen LogP contribution < -0.4 is 16.3 Å². The van der Waals surface area contributed by atoms with Crippen molar-refractivity contribution < 1.29 is 18.8 Å². The van der Waals surface area contributed by atoms with Gasteiger partial charge >= 0.3 is 5.91 Å². The number of halogens is 2. The van der Waals surface area contributed by atoms with Crippen LogP contribution in [0.4, 0.5) is 0 Å². The Kier molecular flexibility index (Phi) is 7.00. The van der Waals surface area contributed by atoms with Crippen molar-refractivity contribution in [3.05, 3.63) is 92.4 Å². The van der Waals surface area contributed by atoms with Gasteiger partial charge in [0.05, 0.1) is 5.71 Å². The molecule has 0 bridgehead atoms. The number of amides is 3. The van der Waals surface area contributed by atoms with Crippen LogP contribution in [0.1, 0.15) is 61.0 Å². The molecular weight excluding hydrogens is 479 g/mol. The molecule has 0 spiro atoms. The maximum Gasteiger partial charge on any atom is 0.305 e. The van der Waals surface area contributed by atoms with Crippen LogP contribution in [-0.2, 0) is 6.42 Å². The van der Waals surface area contributed by atoms with Gasteiger partial charge in [0.15, 0.2) is 5.76 Å². The van der Waals surface area contributed by atoms with Crippen LogP contribution in [0.25, 0.3) is 0 Å². The number of fused-ring (bicyclic) bond motifs is 1. The van der Waals surface area contributed by atoms with Gasteiger partial charge in [0.1, 0.15) is 5.76 Å².